The van der Waals surface area contributed by atoms with Gasteiger partial charge in [0.05, 0.1) is 6.61 Å². The number of halogens is 2. The molecule has 104 valence electrons. The smallest absolute Gasteiger partial charge is 0.123 e. The molecule has 3 heteroatoms. The van der Waals surface area contributed by atoms with Gasteiger partial charge in [-0.15, -0.1) is 11.6 Å². The summed E-state index contributed by atoms with van der Waals surface area (Å²) in [5.74, 6) is 1.72. The minimum Gasteiger partial charge on any atom is -0.493 e. The molecule has 0 N–H and O–H groups in total. The van der Waals surface area contributed by atoms with E-state index in [1.807, 2.05) is 24.3 Å². The summed E-state index contributed by atoms with van der Waals surface area (Å²) in [5, 5.41) is 0. The summed E-state index contributed by atoms with van der Waals surface area (Å²) < 4.78 is 19.0. The Balaban J connectivity index is 1.80. The third-order valence-corrected chi connectivity index (χ3v) is 4.25. The van der Waals surface area contributed by atoms with Gasteiger partial charge in [-0.05, 0) is 36.1 Å². The molecule has 0 saturated carbocycles. The van der Waals surface area contributed by atoms with E-state index in [1.165, 1.54) is 11.6 Å². The second-order valence-electron chi connectivity index (χ2n) is 5.19. The van der Waals surface area contributed by atoms with Gasteiger partial charge in [0.15, 0.2) is 0 Å². The third-order valence-electron chi connectivity index (χ3n) is 3.87. The van der Waals surface area contributed by atoms with Gasteiger partial charge in [0, 0.05) is 17.4 Å². The van der Waals surface area contributed by atoms with Crippen LogP contribution in [0.3, 0.4) is 0 Å². The first-order valence-electron chi connectivity index (χ1n) is 6.81. The number of rotatable bonds is 4. The van der Waals surface area contributed by atoms with Crippen LogP contribution in [0.5, 0.6) is 5.75 Å². The molecule has 20 heavy (non-hydrogen) atoms. The zero-order valence-corrected chi connectivity index (χ0v) is 11.8. The van der Waals surface area contributed by atoms with Crippen LogP contribution >= 0.6 is 11.6 Å². The van der Waals surface area contributed by atoms with Gasteiger partial charge in [-0.3, -0.25) is 0 Å². The molecule has 0 aliphatic carbocycles. The van der Waals surface area contributed by atoms with E-state index in [0.717, 1.165) is 17.7 Å². The van der Waals surface area contributed by atoms with E-state index < -0.39 is 0 Å². The maximum atomic E-state index is 13.3. The summed E-state index contributed by atoms with van der Waals surface area (Å²) in [6, 6.07) is 14.8. The van der Waals surface area contributed by atoms with Crippen LogP contribution in [-0.2, 0) is 0 Å². The van der Waals surface area contributed by atoms with Crippen LogP contribution in [0.2, 0.25) is 0 Å². The number of ether oxygens (including phenoxy) is 1. The number of fused-ring (bicyclic) bond motifs is 1. The van der Waals surface area contributed by atoms with Gasteiger partial charge in [-0.2, -0.15) is 0 Å². The standard InChI is InChI=1S/C17H16ClFO/c18-10-13(12-4-3-5-15(19)9-12)8-14-11-20-17-7-2-1-6-16(14)17/h1-7,9,13-14H,8,10-11H2. The average molecular weight is 291 g/mol. The molecule has 3 rings (SSSR count). The van der Waals surface area contributed by atoms with Crippen LogP contribution < -0.4 is 4.74 Å². The summed E-state index contributed by atoms with van der Waals surface area (Å²) in [6.45, 7) is 0.683. The molecule has 0 radical (unpaired) electrons. The largest absolute Gasteiger partial charge is 0.493 e. The first kappa shape index (κ1) is 13.4. The fourth-order valence-electron chi connectivity index (χ4n) is 2.82. The zero-order valence-electron chi connectivity index (χ0n) is 11.1. The van der Waals surface area contributed by atoms with Gasteiger partial charge in [0.2, 0.25) is 0 Å². The fraction of sp³-hybridized carbons (Fsp3) is 0.294. The molecule has 2 unspecified atom stereocenters. The Morgan fingerprint density at radius 3 is 2.85 bits per heavy atom. The topological polar surface area (TPSA) is 9.23 Å². The molecule has 1 aliphatic rings. The predicted molar refractivity (Wildman–Crippen MR) is 79.2 cm³/mol. The van der Waals surface area contributed by atoms with Gasteiger partial charge in [-0.1, -0.05) is 30.3 Å². The van der Waals surface area contributed by atoms with E-state index in [9.17, 15) is 4.39 Å². The number of hydrogen-bond acceptors (Lipinski definition) is 1. The van der Waals surface area contributed by atoms with Crippen LogP contribution in [0.25, 0.3) is 0 Å². The van der Waals surface area contributed by atoms with Crippen molar-refractivity contribution in [1.29, 1.82) is 0 Å². The van der Waals surface area contributed by atoms with Crippen molar-refractivity contribution in [3.05, 3.63) is 65.5 Å². The van der Waals surface area contributed by atoms with Crippen molar-refractivity contribution in [3.8, 4) is 5.75 Å². The highest BCUT2D eigenvalue weighted by molar-refractivity contribution is 6.18. The molecule has 0 saturated heterocycles. The fourth-order valence-corrected chi connectivity index (χ4v) is 3.12. The molecule has 0 amide bonds. The van der Waals surface area contributed by atoms with Gasteiger partial charge < -0.3 is 4.74 Å². The van der Waals surface area contributed by atoms with Gasteiger partial charge in [0.1, 0.15) is 11.6 Å². The Morgan fingerprint density at radius 1 is 1.20 bits per heavy atom. The number of benzene rings is 2. The van der Waals surface area contributed by atoms with Crippen molar-refractivity contribution < 1.29 is 9.13 Å². The third kappa shape index (κ3) is 2.66. The van der Waals surface area contributed by atoms with Crippen LogP contribution in [0.1, 0.15) is 29.4 Å². The van der Waals surface area contributed by atoms with Crippen LogP contribution in [0, 0.1) is 5.82 Å². The number of para-hydroxylation sites is 1. The zero-order chi connectivity index (χ0) is 13.9. The lowest BCUT2D eigenvalue weighted by molar-refractivity contribution is 0.320. The molecule has 2 aromatic rings. The molecule has 2 atom stereocenters. The molecule has 0 spiro atoms. The van der Waals surface area contributed by atoms with Gasteiger partial charge in [0.25, 0.3) is 0 Å². The number of hydrogen-bond donors (Lipinski definition) is 0. The minimum atomic E-state index is -0.208. The second kappa shape index (κ2) is 5.84. The Labute approximate surface area is 123 Å². The van der Waals surface area contributed by atoms with Crippen LogP contribution in [0.4, 0.5) is 4.39 Å². The molecule has 0 aromatic heterocycles. The van der Waals surface area contributed by atoms with Crippen molar-refractivity contribution in [3.63, 3.8) is 0 Å². The SMILES string of the molecule is Fc1cccc(C(CCl)CC2COc3ccccc32)c1. The van der Waals surface area contributed by atoms with E-state index in [0.29, 0.717) is 18.4 Å². The highest BCUT2D eigenvalue weighted by Crippen LogP contribution is 2.39. The van der Waals surface area contributed by atoms with Crippen molar-refractivity contribution in [2.45, 2.75) is 18.3 Å². The maximum Gasteiger partial charge on any atom is 0.123 e. The average Bonchev–Trinajstić information content (AvgIpc) is 2.88. The second-order valence-corrected chi connectivity index (χ2v) is 5.50. The predicted octanol–water partition coefficient (Wildman–Crippen LogP) is 4.71. The van der Waals surface area contributed by atoms with E-state index >= 15 is 0 Å². The molecule has 1 nitrogen and oxygen atoms in total. The summed E-state index contributed by atoms with van der Waals surface area (Å²) in [5.41, 5.74) is 2.20. The molecule has 0 bridgehead atoms. The van der Waals surface area contributed by atoms with E-state index in [2.05, 4.69) is 6.07 Å². The lowest BCUT2D eigenvalue weighted by Crippen LogP contribution is -2.09. The highest BCUT2D eigenvalue weighted by Gasteiger charge is 2.27. The molecule has 1 aliphatic heterocycles. The summed E-state index contributed by atoms with van der Waals surface area (Å²) >= 11 is 6.10. The highest BCUT2D eigenvalue weighted by atomic mass is 35.5. The Kier molecular flexibility index (Phi) is 3.93. The Morgan fingerprint density at radius 2 is 2.05 bits per heavy atom. The molecular weight excluding hydrogens is 275 g/mol. The molecule has 2 aromatic carbocycles. The summed E-state index contributed by atoms with van der Waals surface area (Å²) in [7, 11) is 0. The lowest BCUT2D eigenvalue weighted by Gasteiger charge is -2.18. The van der Waals surface area contributed by atoms with E-state index in [-0.39, 0.29) is 11.7 Å². The normalized spacial score (nSPS) is 18.4. The molecule has 1 heterocycles. The van der Waals surface area contributed by atoms with E-state index in [4.69, 9.17) is 16.3 Å². The minimum absolute atomic E-state index is 0.145. The molecular formula is C17H16ClFO. The lowest BCUT2D eigenvalue weighted by atomic mass is 9.87. The Hall–Kier alpha value is -1.54. The molecule has 0 fully saturated rings. The summed E-state index contributed by atoms with van der Waals surface area (Å²) in [4.78, 5) is 0. The monoisotopic (exact) mass is 290 g/mol. The first-order chi connectivity index (χ1) is 9.78. The van der Waals surface area contributed by atoms with Crippen molar-refractivity contribution in [2.24, 2.45) is 0 Å². The van der Waals surface area contributed by atoms with Crippen LogP contribution in [0.15, 0.2) is 48.5 Å². The maximum absolute atomic E-state index is 13.3. The van der Waals surface area contributed by atoms with Crippen molar-refractivity contribution >= 4 is 11.6 Å². The quantitative estimate of drug-likeness (QED) is 0.741. The van der Waals surface area contributed by atoms with Crippen molar-refractivity contribution in [2.75, 3.05) is 12.5 Å². The summed E-state index contributed by atoms with van der Waals surface area (Å²) in [6.07, 6.45) is 0.879. The van der Waals surface area contributed by atoms with Crippen LogP contribution in [-0.4, -0.2) is 12.5 Å². The number of alkyl halides is 1. The van der Waals surface area contributed by atoms with E-state index in [1.54, 1.807) is 12.1 Å². The van der Waals surface area contributed by atoms with Gasteiger partial charge in [-0.25, -0.2) is 4.39 Å². The first-order valence-corrected chi connectivity index (χ1v) is 7.34. The van der Waals surface area contributed by atoms with Crippen molar-refractivity contribution in [1.82, 2.24) is 0 Å². The Bertz CT molecular complexity index is 599. The van der Waals surface area contributed by atoms with Gasteiger partial charge >= 0.3 is 0 Å².